The molecule has 10 heteroatoms. The number of hydrogen-bond acceptors (Lipinski definition) is 6. The average molecular weight is 997 g/mol. The van der Waals surface area contributed by atoms with E-state index in [2.05, 4.69) is 182 Å². The minimum Gasteiger partial charge on any atom is -0.305 e. The summed E-state index contributed by atoms with van der Waals surface area (Å²) in [6, 6.07) is 78.2. The van der Waals surface area contributed by atoms with Crippen molar-refractivity contribution in [2.24, 2.45) is 0 Å². The molecule has 0 fully saturated rings. The van der Waals surface area contributed by atoms with Gasteiger partial charge >= 0.3 is 0 Å². The molecular weight excluding hydrogens is 957 g/mol. The zero-order chi connectivity index (χ0) is 51.4. The molecule has 0 bridgehead atoms. The van der Waals surface area contributed by atoms with E-state index in [1.54, 1.807) is 0 Å². The van der Waals surface area contributed by atoms with Crippen LogP contribution in [0.2, 0.25) is 0 Å². The predicted octanol–water partition coefficient (Wildman–Crippen LogP) is 15.9. The number of aromatic nitrogens is 9. The summed E-state index contributed by atoms with van der Waals surface area (Å²) in [7, 11) is 0. The van der Waals surface area contributed by atoms with Gasteiger partial charge in [0.05, 0.1) is 106 Å². The van der Waals surface area contributed by atoms with Crippen molar-refractivity contribution in [1.29, 1.82) is 5.26 Å². The standard InChI is InChI=1S/C68H40N10/c69-41-49-59(48-35-36-50(42-19-3-1-4-20-42)74-60(48)43-21-5-2-6-22-43)66(76-52-28-12-8-24-45(52)62-56(76)32-16-38-71-62)68(78-54-30-14-10-26-47(54)64-58(78)34-18-40-73-64)67(77-53-29-13-9-25-46(53)63-57(77)33-17-39-72-63)65(49)75-51-27-11-7-23-44(51)61-55(75)31-15-37-70-61/h1-40H. The van der Waals surface area contributed by atoms with Gasteiger partial charge in [0.2, 0.25) is 0 Å². The molecule has 7 aromatic carbocycles. The van der Waals surface area contributed by atoms with Crippen LogP contribution >= 0.6 is 0 Å². The fourth-order valence-corrected chi connectivity index (χ4v) is 12.3. The van der Waals surface area contributed by atoms with E-state index in [0.29, 0.717) is 22.5 Å². The lowest BCUT2D eigenvalue weighted by Crippen LogP contribution is -2.17. The molecule has 0 saturated carbocycles. The summed E-state index contributed by atoms with van der Waals surface area (Å²) >= 11 is 0. The molecule has 0 aliphatic carbocycles. The number of rotatable bonds is 7. The first-order chi connectivity index (χ1) is 38.7. The van der Waals surface area contributed by atoms with Crippen LogP contribution in [0.15, 0.2) is 243 Å². The molecule has 0 aliphatic rings. The van der Waals surface area contributed by atoms with Crippen molar-refractivity contribution in [2.45, 2.75) is 0 Å². The van der Waals surface area contributed by atoms with Crippen molar-refractivity contribution in [3.8, 4) is 62.5 Å². The highest BCUT2D eigenvalue weighted by Gasteiger charge is 2.36. The summed E-state index contributed by atoms with van der Waals surface area (Å²) in [4.78, 5) is 26.2. The fourth-order valence-electron chi connectivity index (χ4n) is 12.3. The first-order valence-corrected chi connectivity index (χ1v) is 25.9. The molecule has 16 aromatic rings. The Morgan fingerprint density at radius 1 is 0.308 bits per heavy atom. The Hall–Kier alpha value is -11.0. The summed E-state index contributed by atoms with van der Waals surface area (Å²) < 4.78 is 9.33. The van der Waals surface area contributed by atoms with E-state index in [9.17, 15) is 5.26 Å². The van der Waals surface area contributed by atoms with Crippen LogP contribution in [0, 0.1) is 11.3 Å². The Kier molecular flexibility index (Phi) is 9.46. The van der Waals surface area contributed by atoms with E-state index in [4.69, 9.17) is 24.9 Å². The van der Waals surface area contributed by atoms with E-state index >= 15 is 0 Å². The molecule has 78 heavy (non-hydrogen) atoms. The summed E-state index contributed by atoms with van der Waals surface area (Å²) in [5.41, 5.74) is 18.6. The molecule has 362 valence electrons. The predicted molar refractivity (Wildman–Crippen MR) is 314 cm³/mol. The maximum absolute atomic E-state index is 12.9. The molecule has 0 atom stereocenters. The van der Waals surface area contributed by atoms with Crippen molar-refractivity contribution >= 4 is 87.7 Å². The molecule has 0 N–H and O–H groups in total. The van der Waals surface area contributed by atoms with Crippen LogP contribution in [-0.2, 0) is 0 Å². The number of nitrogens with zero attached hydrogens (tertiary/aromatic N) is 10. The van der Waals surface area contributed by atoms with Gasteiger partial charge in [-0.2, -0.15) is 5.26 Å². The van der Waals surface area contributed by atoms with Gasteiger partial charge in [-0.3, -0.25) is 19.9 Å². The summed E-state index contributed by atoms with van der Waals surface area (Å²) in [5, 5.41) is 16.8. The number of benzene rings is 7. The summed E-state index contributed by atoms with van der Waals surface area (Å²) in [6.45, 7) is 0. The van der Waals surface area contributed by atoms with Gasteiger partial charge in [-0.25, -0.2) is 4.98 Å². The summed E-state index contributed by atoms with van der Waals surface area (Å²) in [5.74, 6) is 0. The number of pyridine rings is 5. The van der Waals surface area contributed by atoms with Crippen LogP contribution in [0.1, 0.15) is 5.56 Å². The normalized spacial score (nSPS) is 11.8. The van der Waals surface area contributed by atoms with Gasteiger partial charge in [0, 0.05) is 68.6 Å². The number of para-hydroxylation sites is 4. The van der Waals surface area contributed by atoms with Crippen LogP contribution in [0.3, 0.4) is 0 Å². The Morgan fingerprint density at radius 3 is 1.08 bits per heavy atom. The Balaban J connectivity index is 1.27. The second-order valence-corrected chi connectivity index (χ2v) is 19.5. The maximum atomic E-state index is 12.9. The van der Waals surface area contributed by atoms with Gasteiger partial charge in [-0.15, -0.1) is 0 Å². The molecule has 0 spiro atoms. The van der Waals surface area contributed by atoms with Crippen molar-refractivity contribution in [2.75, 3.05) is 0 Å². The van der Waals surface area contributed by atoms with Gasteiger partial charge < -0.3 is 18.3 Å². The average Bonchev–Trinajstić information content (AvgIpc) is 4.38. The van der Waals surface area contributed by atoms with Gasteiger partial charge in [-0.05, 0) is 84.9 Å². The molecule has 9 heterocycles. The van der Waals surface area contributed by atoms with Gasteiger partial charge in [0.25, 0.3) is 0 Å². The third-order valence-corrected chi connectivity index (χ3v) is 15.4. The van der Waals surface area contributed by atoms with Crippen molar-refractivity contribution in [3.05, 3.63) is 249 Å². The third-order valence-electron chi connectivity index (χ3n) is 15.4. The Morgan fingerprint density at radius 2 is 0.654 bits per heavy atom. The maximum Gasteiger partial charge on any atom is 0.102 e. The van der Waals surface area contributed by atoms with E-state index < -0.39 is 0 Å². The number of fused-ring (bicyclic) bond motifs is 12. The lowest BCUT2D eigenvalue weighted by atomic mass is 9.89. The van der Waals surface area contributed by atoms with Crippen LogP contribution in [0.5, 0.6) is 0 Å². The van der Waals surface area contributed by atoms with Gasteiger partial charge in [-0.1, -0.05) is 133 Å². The second kappa shape index (κ2) is 17.0. The van der Waals surface area contributed by atoms with Crippen LogP contribution in [0.25, 0.3) is 144 Å². The minimum atomic E-state index is 0.422. The Bertz CT molecular complexity index is 4960. The van der Waals surface area contributed by atoms with Crippen molar-refractivity contribution in [3.63, 3.8) is 0 Å². The molecule has 10 nitrogen and oxygen atoms in total. The quantitative estimate of drug-likeness (QED) is 0.157. The fraction of sp³-hybridized carbons (Fsp3) is 0. The van der Waals surface area contributed by atoms with E-state index in [1.807, 2.05) is 85.5 Å². The third kappa shape index (κ3) is 6.15. The second-order valence-electron chi connectivity index (χ2n) is 19.5. The first-order valence-electron chi connectivity index (χ1n) is 25.9. The van der Waals surface area contributed by atoms with Crippen molar-refractivity contribution < 1.29 is 0 Å². The van der Waals surface area contributed by atoms with Crippen molar-refractivity contribution in [1.82, 2.24) is 43.2 Å². The molecule has 0 amide bonds. The molecule has 0 unspecified atom stereocenters. The summed E-state index contributed by atoms with van der Waals surface area (Å²) in [6.07, 6.45) is 7.42. The molecule has 0 radical (unpaired) electrons. The SMILES string of the molecule is N#Cc1c(-c2ccc(-c3ccccc3)nc2-c2ccccc2)c(-n2c3ccccc3c3ncccc32)c(-n2c3ccccc3c3ncccc32)c(-n2c3ccccc3c3ncccc32)c1-n1c2ccccc2c2ncccc21. The Labute approximate surface area is 445 Å². The zero-order valence-corrected chi connectivity index (χ0v) is 41.6. The van der Waals surface area contributed by atoms with Crippen LogP contribution < -0.4 is 0 Å². The highest BCUT2D eigenvalue weighted by Crippen LogP contribution is 2.52. The minimum absolute atomic E-state index is 0.422. The van der Waals surface area contributed by atoms with E-state index in [0.717, 1.165) is 127 Å². The monoisotopic (exact) mass is 996 g/mol. The molecule has 0 aliphatic heterocycles. The van der Waals surface area contributed by atoms with E-state index in [1.165, 1.54) is 0 Å². The first kappa shape index (κ1) is 43.4. The zero-order valence-electron chi connectivity index (χ0n) is 41.6. The smallest absolute Gasteiger partial charge is 0.102 e. The largest absolute Gasteiger partial charge is 0.305 e. The lowest BCUT2D eigenvalue weighted by Gasteiger charge is -2.29. The molecule has 16 rings (SSSR count). The van der Waals surface area contributed by atoms with Gasteiger partial charge in [0.15, 0.2) is 0 Å². The molecule has 9 aromatic heterocycles. The van der Waals surface area contributed by atoms with Crippen LogP contribution in [0.4, 0.5) is 0 Å². The molecular formula is C68H40N10. The number of nitriles is 1. The lowest BCUT2D eigenvalue weighted by molar-refractivity contribution is 1.02. The van der Waals surface area contributed by atoms with Gasteiger partial charge in [0.1, 0.15) is 6.07 Å². The van der Waals surface area contributed by atoms with E-state index in [-0.39, 0.29) is 0 Å². The molecule has 0 saturated heterocycles. The number of hydrogen-bond donors (Lipinski definition) is 0. The highest BCUT2D eigenvalue weighted by atomic mass is 15.2. The highest BCUT2D eigenvalue weighted by molar-refractivity contribution is 6.16. The van der Waals surface area contributed by atoms with Crippen LogP contribution in [-0.4, -0.2) is 43.2 Å². The topological polar surface area (TPSA) is 108 Å².